The Morgan fingerprint density at radius 3 is 2.41 bits per heavy atom. The molecule has 0 aliphatic carbocycles. The van der Waals surface area contributed by atoms with Gasteiger partial charge in [-0.05, 0) is 62.2 Å². The van der Waals surface area contributed by atoms with Crippen molar-refractivity contribution in [3.63, 3.8) is 0 Å². The first-order chi connectivity index (χ1) is 15.6. The molecule has 1 atom stereocenters. The number of hydrogen-bond acceptors (Lipinski definition) is 5. The summed E-state index contributed by atoms with van der Waals surface area (Å²) in [6.45, 7) is 3.79. The number of amides is 1. The fourth-order valence-corrected chi connectivity index (χ4v) is 3.89. The molecule has 1 fully saturated rings. The van der Waals surface area contributed by atoms with E-state index in [4.69, 9.17) is 16.3 Å². The highest BCUT2D eigenvalue weighted by Crippen LogP contribution is 2.23. The molecular formula is C25H27ClN4O2. The van der Waals surface area contributed by atoms with Gasteiger partial charge in [0.05, 0.1) is 5.69 Å². The average Bonchev–Trinajstić information content (AvgIpc) is 3.09. The standard InChI is InChI=1S/C25H27ClN4O2/c1-18(32-22-8-6-7-20(26)17-22)25(31)27-21-11-9-19(10-12-21)23-13-14-24(29-28-23)30-15-4-2-3-5-16-30/h6-14,17-18H,2-5,15-16H2,1H3,(H,27,31). The summed E-state index contributed by atoms with van der Waals surface area (Å²) in [6.07, 6.45) is 4.33. The van der Waals surface area contributed by atoms with Gasteiger partial charge in [0, 0.05) is 29.4 Å². The second-order valence-electron chi connectivity index (χ2n) is 7.96. The normalized spacial score (nSPS) is 15.0. The van der Waals surface area contributed by atoms with Crippen molar-refractivity contribution in [2.24, 2.45) is 0 Å². The minimum atomic E-state index is -0.662. The fourth-order valence-electron chi connectivity index (χ4n) is 3.71. The molecular weight excluding hydrogens is 424 g/mol. The molecule has 1 unspecified atom stereocenters. The van der Waals surface area contributed by atoms with E-state index in [1.54, 1.807) is 31.2 Å². The van der Waals surface area contributed by atoms with Crippen LogP contribution in [0.5, 0.6) is 5.75 Å². The zero-order chi connectivity index (χ0) is 22.3. The van der Waals surface area contributed by atoms with E-state index in [0.717, 1.165) is 30.2 Å². The van der Waals surface area contributed by atoms with E-state index in [2.05, 4.69) is 20.4 Å². The van der Waals surface area contributed by atoms with E-state index in [9.17, 15) is 4.79 Å². The van der Waals surface area contributed by atoms with Crippen LogP contribution in [0.25, 0.3) is 11.3 Å². The molecule has 1 saturated heterocycles. The van der Waals surface area contributed by atoms with Crippen LogP contribution in [0.4, 0.5) is 11.5 Å². The summed E-state index contributed by atoms with van der Waals surface area (Å²) in [5, 5.41) is 12.3. The lowest BCUT2D eigenvalue weighted by Crippen LogP contribution is -2.30. The monoisotopic (exact) mass is 450 g/mol. The van der Waals surface area contributed by atoms with Crippen LogP contribution in [0, 0.1) is 0 Å². The lowest BCUT2D eigenvalue weighted by molar-refractivity contribution is -0.122. The quantitative estimate of drug-likeness (QED) is 0.530. The Labute approximate surface area is 193 Å². The highest BCUT2D eigenvalue weighted by molar-refractivity contribution is 6.30. The van der Waals surface area contributed by atoms with E-state index in [1.165, 1.54) is 25.7 Å². The summed E-state index contributed by atoms with van der Waals surface area (Å²) in [7, 11) is 0. The number of aromatic nitrogens is 2. The van der Waals surface area contributed by atoms with Gasteiger partial charge in [0.1, 0.15) is 5.75 Å². The van der Waals surface area contributed by atoms with Crippen molar-refractivity contribution in [3.05, 3.63) is 65.7 Å². The largest absolute Gasteiger partial charge is 0.481 e. The Balaban J connectivity index is 1.35. The maximum absolute atomic E-state index is 12.5. The van der Waals surface area contributed by atoms with Crippen molar-refractivity contribution in [3.8, 4) is 17.0 Å². The third-order valence-electron chi connectivity index (χ3n) is 5.51. The Bertz CT molecular complexity index is 1030. The maximum Gasteiger partial charge on any atom is 0.265 e. The third kappa shape index (κ3) is 5.77. The molecule has 32 heavy (non-hydrogen) atoms. The summed E-state index contributed by atoms with van der Waals surface area (Å²) in [5.74, 6) is 1.25. The Morgan fingerprint density at radius 1 is 1.00 bits per heavy atom. The van der Waals surface area contributed by atoms with E-state index < -0.39 is 6.10 Å². The number of nitrogens with one attached hydrogen (secondary N) is 1. The number of halogens is 1. The lowest BCUT2D eigenvalue weighted by atomic mass is 10.1. The summed E-state index contributed by atoms with van der Waals surface area (Å²) in [6, 6.07) is 18.6. The minimum Gasteiger partial charge on any atom is -0.481 e. The molecule has 0 spiro atoms. The molecule has 166 valence electrons. The molecule has 2 aromatic carbocycles. The number of benzene rings is 2. The van der Waals surface area contributed by atoms with Gasteiger partial charge in [0.2, 0.25) is 0 Å². The van der Waals surface area contributed by atoms with Crippen molar-refractivity contribution < 1.29 is 9.53 Å². The molecule has 1 aliphatic rings. The van der Waals surface area contributed by atoms with Gasteiger partial charge < -0.3 is 15.0 Å². The molecule has 1 amide bonds. The number of carbonyl (C=O) groups excluding carboxylic acids is 1. The molecule has 0 bridgehead atoms. The number of rotatable bonds is 6. The number of carbonyl (C=O) groups is 1. The second-order valence-corrected chi connectivity index (χ2v) is 8.40. The van der Waals surface area contributed by atoms with E-state index in [0.29, 0.717) is 16.5 Å². The lowest BCUT2D eigenvalue weighted by Gasteiger charge is -2.20. The number of ether oxygens (including phenoxy) is 1. The molecule has 0 saturated carbocycles. The van der Waals surface area contributed by atoms with Crippen LogP contribution in [0.2, 0.25) is 5.02 Å². The second kappa shape index (κ2) is 10.5. The van der Waals surface area contributed by atoms with Crippen LogP contribution in [-0.4, -0.2) is 35.3 Å². The van der Waals surface area contributed by atoms with E-state index >= 15 is 0 Å². The van der Waals surface area contributed by atoms with Crippen LogP contribution in [-0.2, 0) is 4.79 Å². The molecule has 2 heterocycles. The third-order valence-corrected chi connectivity index (χ3v) is 5.74. The van der Waals surface area contributed by atoms with Crippen molar-refractivity contribution >= 4 is 29.0 Å². The van der Waals surface area contributed by atoms with Gasteiger partial charge in [-0.25, -0.2) is 0 Å². The van der Waals surface area contributed by atoms with Crippen LogP contribution >= 0.6 is 11.6 Å². The first kappa shape index (κ1) is 22.1. The van der Waals surface area contributed by atoms with E-state index in [-0.39, 0.29) is 5.91 Å². The fraction of sp³-hybridized carbons (Fsp3) is 0.320. The van der Waals surface area contributed by atoms with Crippen LogP contribution in [0.1, 0.15) is 32.6 Å². The average molecular weight is 451 g/mol. The SMILES string of the molecule is CC(Oc1cccc(Cl)c1)C(=O)Nc1ccc(-c2ccc(N3CCCCCC3)nn2)cc1. The zero-order valence-electron chi connectivity index (χ0n) is 18.1. The topological polar surface area (TPSA) is 67.3 Å². The molecule has 0 radical (unpaired) electrons. The first-order valence-electron chi connectivity index (χ1n) is 11.0. The van der Waals surface area contributed by atoms with Crippen LogP contribution < -0.4 is 15.0 Å². The molecule has 1 aromatic heterocycles. The summed E-state index contributed by atoms with van der Waals surface area (Å²) < 4.78 is 5.67. The first-order valence-corrected chi connectivity index (χ1v) is 11.4. The van der Waals surface area contributed by atoms with Crippen LogP contribution in [0.15, 0.2) is 60.7 Å². The zero-order valence-corrected chi connectivity index (χ0v) is 18.9. The van der Waals surface area contributed by atoms with Crippen molar-refractivity contribution in [2.75, 3.05) is 23.3 Å². The van der Waals surface area contributed by atoms with Crippen molar-refractivity contribution in [1.29, 1.82) is 0 Å². The molecule has 3 aromatic rings. The van der Waals surface area contributed by atoms with Gasteiger partial charge in [-0.2, -0.15) is 0 Å². The number of hydrogen-bond donors (Lipinski definition) is 1. The molecule has 1 N–H and O–H groups in total. The van der Waals surface area contributed by atoms with Crippen molar-refractivity contribution in [2.45, 2.75) is 38.7 Å². The predicted molar refractivity (Wildman–Crippen MR) is 128 cm³/mol. The van der Waals surface area contributed by atoms with Crippen LogP contribution in [0.3, 0.4) is 0 Å². The highest BCUT2D eigenvalue weighted by Gasteiger charge is 2.16. The summed E-state index contributed by atoms with van der Waals surface area (Å²) in [4.78, 5) is 14.8. The van der Waals surface area contributed by atoms with Gasteiger partial charge in [-0.15, -0.1) is 10.2 Å². The minimum absolute atomic E-state index is 0.237. The van der Waals surface area contributed by atoms with Gasteiger partial charge >= 0.3 is 0 Å². The molecule has 6 nitrogen and oxygen atoms in total. The van der Waals surface area contributed by atoms with Crippen molar-refractivity contribution in [1.82, 2.24) is 10.2 Å². The smallest absolute Gasteiger partial charge is 0.265 e. The molecule has 7 heteroatoms. The van der Waals surface area contributed by atoms with Gasteiger partial charge in [0.15, 0.2) is 11.9 Å². The van der Waals surface area contributed by atoms with Gasteiger partial charge in [-0.3, -0.25) is 4.79 Å². The predicted octanol–water partition coefficient (Wildman–Crippen LogP) is 5.58. The Kier molecular flexibility index (Phi) is 7.22. The Hall–Kier alpha value is -3.12. The summed E-state index contributed by atoms with van der Waals surface area (Å²) >= 11 is 5.97. The molecule has 4 rings (SSSR count). The van der Waals surface area contributed by atoms with E-state index in [1.807, 2.05) is 36.4 Å². The van der Waals surface area contributed by atoms with Gasteiger partial charge in [0.25, 0.3) is 5.91 Å². The summed E-state index contributed by atoms with van der Waals surface area (Å²) in [5.41, 5.74) is 2.44. The highest BCUT2D eigenvalue weighted by atomic mass is 35.5. The maximum atomic E-state index is 12.5. The molecule has 1 aliphatic heterocycles. The number of anilines is 2. The Morgan fingerprint density at radius 2 is 1.75 bits per heavy atom. The van der Waals surface area contributed by atoms with Gasteiger partial charge in [-0.1, -0.05) is 42.6 Å². The number of nitrogens with zero attached hydrogens (tertiary/aromatic N) is 3.